The van der Waals surface area contributed by atoms with Crippen LogP contribution in [0.5, 0.6) is 0 Å². The van der Waals surface area contributed by atoms with Gasteiger partial charge in [0.25, 0.3) is 0 Å². The van der Waals surface area contributed by atoms with Gasteiger partial charge >= 0.3 is 5.72 Å². The van der Waals surface area contributed by atoms with E-state index in [4.69, 9.17) is 0 Å². The predicted octanol–water partition coefficient (Wildman–Crippen LogP) is 0.160. The summed E-state index contributed by atoms with van der Waals surface area (Å²) in [6.45, 7) is 2.75. The summed E-state index contributed by atoms with van der Waals surface area (Å²) in [6, 6.07) is 0. The van der Waals surface area contributed by atoms with Gasteiger partial charge in [0.2, 0.25) is 0 Å². The topological polar surface area (TPSA) is 92.1 Å². The van der Waals surface area contributed by atoms with E-state index in [0.717, 1.165) is 6.92 Å². The Morgan fingerprint density at radius 2 is 2.42 bits per heavy atom. The molecule has 0 aliphatic heterocycles. The number of aromatic nitrogens is 2. The third-order valence-corrected chi connectivity index (χ3v) is 1.57. The van der Waals surface area contributed by atoms with Crippen molar-refractivity contribution in [1.29, 1.82) is 0 Å². The fraction of sp³-hybridized carbons (Fsp3) is 0.500. The van der Waals surface area contributed by atoms with E-state index >= 15 is 0 Å². The van der Waals surface area contributed by atoms with Crippen molar-refractivity contribution in [2.45, 2.75) is 19.6 Å². The molecule has 1 unspecified atom stereocenters. The van der Waals surface area contributed by atoms with Gasteiger partial charge in [-0.15, -0.1) is 0 Å². The van der Waals surface area contributed by atoms with E-state index in [1.807, 2.05) is 0 Å². The first kappa shape index (κ1) is 8.66. The first-order valence-electron chi connectivity index (χ1n) is 3.33. The number of nitrogens with one attached hydrogen (secondary N) is 1. The third kappa shape index (κ3) is 1.28. The van der Waals surface area contributed by atoms with Crippen molar-refractivity contribution in [2.75, 3.05) is 0 Å². The zero-order valence-electron chi connectivity index (χ0n) is 6.74. The van der Waals surface area contributed by atoms with E-state index in [0.29, 0.717) is 5.82 Å². The minimum absolute atomic E-state index is 0.0880. The van der Waals surface area contributed by atoms with Gasteiger partial charge in [-0.3, -0.25) is 10.1 Å². The molecule has 0 spiro atoms. The summed E-state index contributed by atoms with van der Waals surface area (Å²) < 4.78 is 0. The number of H-pyrrole nitrogens is 1. The van der Waals surface area contributed by atoms with E-state index in [1.54, 1.807) is 6.92 Å². The molecule has 1 heterocycles. The number of hydrogen-bond acceptors (Lipinski definition) is 4. The minimum atomic E-state index is -2.08. The first-order chi connectivity index (χ1) is 5.44. The summed E-state index contributed by atoms with van der Waals surface area (Å²) in [6.07, 6.45) is 1.25. The maximum Gasteiger partial charge on any atom is 0.362 e. The lowest BCUT2D eigenvalue weighted by atomic mass is 10.2. The molecule has 0 amide bonds. The Kier molecular flexibility index (Phi) is 1.85. The molecule has 1 rings (SSSR count). The second-order valence-corrected chi connectivity index (χ2v) is 2.66. The fourth-order valence-electron chi connectivity index (χ4n) is 0.760. The molecular weight excluding hydrogens is 162 g/mol. The molecule has 2 N–H and O–H groups in total. The molecule has 0 saturated heterocycles. The summed E-state index contributed by atoms with van der Waals surface area (Å²) in [4.78, 5) is 15.9. The average molecular weight is 171 g/mol. The summed E-state index contributed by atoms with van der Waals surface area (Å²) >= 11 is 0. The van der Waals surface area contributed by atoms with E-state index in [2.05, 4.69) is 9.97 Å². The van der Waals surface area contributed by atoms with E-state index in [-0.39, 0.29) is 5.69 Å². The Morgan fingerprint density at radius 1 is 1.83 bits per heavy atom. The highest BCUT2D eigenvalue weighted by Gasteiger charge is 2.38. The summed E-state index contributed by atoms with van der Waals surface area (Å²) in [7, 11) is 0. The van der Waals surface area contributed by atoms with Crippen LogP contribution in [0.4, 0.5) is 0 Å². The summed E-state index contributed by atoms with van der Waals surface area (Å²) in [5.74, 6) is 0.534. The highest BCUT2D eigenvalue weighted by Crippen LogP contribution is 2.18. The molecular formula is C6H9N3O3. The van der Waals surface area contributed by atoms with Crippen LogP contribution in [0.25, 0.3) is 0 Å². The molecule has 0 aliphatic rings. The van der Waals surface area contributed by atoms with Gasteiger partial charge in [-0.25, -0.2) is 4.98 Å². The van der Waals surface area contributed by atoms with Gasteiger partial charge < -0.3 is 10.1 Å². The molecule has 6 heteroatoms. The second kappa shape index (κ2) is 2.56. The number of nitro groups is 1. The van der Waals surface area contributed by atoms with Crippen molar-refractivity contribution in [1.82, 2.24) is 9.97 Å². The van der Waals surface area contributed by atoms with Gasteiger partial charge in [0.15, 0.2) is 0 Å². The monoisotopic (exact) mass is 171 g/mol. The zero-order chi connectivity index (χ0) is 9.35. The van der Waals surface area contributed by atoms with Gasteiger partial charge in [-0.2, -0.15) is 0 Å². The molecule has 0 bridgehead atoms. The van der Waals surface area contributed by atoms with E-state index in [1.165, 1.54) is 6.20 Å². The molecule has 1 aromatic heterocycles. The van der Waals surface area contributed by atoms with Crippen LogP contribution in [0, 0.1) is 17.0 Å². The number of aryl methyl sites for hydroxylation is 1. The number of aliphatic hydroxyl groups is 1. The van der Waals surface area contributed by atoms with Crippen LogP contribution < -0.4 is 0 Å². The maximum absolute atomic E-state index is 10.3. The lowest BCUT2D eigenvalue weighted by Gasteiger charge is -2.10. The number of rotatable bonds is 2. The van der Waals surface area contributed by atoms with Crippen LogP contribution >= 0.6 is 0 Å². The van der Waals surface area contributed by atoms with Crippen molar-refractivity contribution >= 4 is 0 Å². The Bertz CT molecular complexity index is 305. The molecule has 66 valence electrons. The Hall–Kier alpha value is -1.43. The molecule has 0 aliphatic carbocycles. The van der Waals surface area contributed by atoms with E-state index in [9.17, 15) is 15.2 Å². The molecule has 0 radical (unpaired) electrons. The molecule has 0 fully saturated rings. The fourth-order valence-corrected chi connectivity index (χ4v) is 0.760. The van der Waals surface area contributed by atoms with Crippen LogP contribution in [0.3, 0.4) is 0 Å². The molecule has 1 atom stereocenters. The van der Waals surface area contributed by atoms with Crippen LogP contribution in [0.2, 0.25) is 0 Å². The van der Waals surface area contributed by atoms with E-state index < -0.39 is 10.6 Å². The third-order valence-electron chi connectivity index (χ3n) is 1.57. The largest absolute Gasteiger partial charge is 0.362 e. The first-order valence-corrected chi connectivity index (χ1v) is 3.33. The minimum Gasteiger partial charge on any atom is -0.338 e. The van der Waals surface area contributed by atoms with Crippen molar-refractivity contribution in [2.24, 2.45) is 0 Å². The smallest absolute Gasteiger partial charge is 0.338 e. The lowest BCUT2D eigenvalue weighted by molar-refractivity contribution is -0.631. The average Bonchev–Trinajstić information content (AvgIpc) is 2.35. The Labute approximate surface area is 68.4 Å². The Morgan fingerprint density at radius 3 is 2.75 bits per heavy atom. The van der Waals surface area contributed by atoms with Gasteiger partial charge in [-0.05, 0) is 6.92 Å². The predicted molar refractivity (Wildman–Crippen MR) is 39.9 cm³/mol. The molecule has 6 nitrogen and oxygen atoms in total. The number of aromatic amines is 1. The summed E-state index contributed by atoms with van der Waals surface area (Å²) in [5.41, 5.74) is -1.99. The molecule has 12 heavy (non-hydrogen) atoms. The highest BCUT2D eigenvalue weighted by atomic mass is 16.7. The van der Waals surface area contributed by atoms with Crippen molar-refractivity contribution in [3.63, 3.8) is 0 Å². The summed E-state index contributed by atoms with van der Waals surface area (Å²) in [5, 5.41) is 19.6. The van der Waals surface area contributed by atoms with Gasteiger partial charge in [0.1, 0.15) is 11.5 Å². The second-order valence-electron chi connectivity index (χ2n) is 2.66. The van der Waals surface area contributed by atoms with Gasteiger partial charge in [-0.1, -0.05) is 0 Å². The van der Waals surface area contributed by atoms with Gasteiger partial charge in [0.05, 0.1) is 11.1 Å². The zero-order valence-corrected chi connectivity index (χ0v) is 6.74. The highest BCUT2D eigenvalue weighted by molar-refractivity contribution is 5.05. The normalized spacial score (nSPS) is 15.6. The van der Waals surface area contributed by atoms with Gasteiger partial charge in [0, 0.05) is 6.92 Å². The standard InChI is InChI=1S/C6H9N3O3/c1-4-7-3-5(8-4)6(2,10)9(11)12/h3,10H,1-2H3,(H,7,8). The van der Waals surface area contributed by atoms with Crippen molar-refractivity contribution in [3.8, 4) is 0 Å². The number of nitrogens with zero attached hydrogens (tertiary/aromatic N) is 2. The molecule has 0 saturated carbocycles. The lowest BCUT2D eigenvalue weighted by Crippen LogP contribution is -2.31. The quantitative estimate of drug-likeness (QED) is 0.376. The van der Waals surface area contributed by atoms with Crippen molar-refractivity contribution in [3.05, 3.63) is 27.8 Å². The molecule has 0 aromatic carbocycles. The van der Waals surface area contributed by atoms with Crippen LogP contribution in [-0.2, 0) is 5.72 Å². The number of hydrogen-bond donors (Lipinski definition) is 2. The molecule has 1 aromatic rings. The van der Waals surface area contributed by atoms with Crippen LogP contribution in [0.1, 0.15) is 18.4 Å². The number of imidazole rings is 1. The SMILES string of the molecule is Cc1ncc(C(C)(O)[N+](=O)[O-])[nH]1. The van der Waals surface area contributed by atoms with Crippen LogP contribution in [0.15, 0.2) is 6.20 Å². The maximum atomic E-state index is 10.3. The van der Waals surface area contributed by atoms with Crippen LogP contribution in [-0.4, -0.2) is 20.0 Å². The van der Waals surface area contributed by atoms with Crippen molar-refractivity contribution < 1.29 is 10.0 Å². The Balaban J connectivity index is 3.05.